The minimum atomic E-state index is -0.835. The Morgan fingerprint density at radius 1 is 1.79 bits per heavy atom. The van der Waals surface area contributed by atoms with E-state index >= 15 is 0 Å². The molecule has 0 saturated heterocycles. The topological polar surface area (TPSA) is 55.1 Å². The normalized spacial score (nSPS) is 20.5. The van der Waals surface area contributed by atoms with Gasteiger partial charge in [-0.3, -0.25) is 9.48 Å². The van der Waals surface area contributed by atoms with Crippen molar-refractivity contribution >= 4 is 5.97 Å². The van der Waals surface area contributed by atoms with Gasteiger partial charge in [-0.05, 0) is 30.7 Å². The van der Waals surface area contributed by atoms with E-state index in [2.05, 4.69) is 12.0 Å². The Morgan fingerprint density at radius 2 is 2.57 bits per heavy atom. The van der Waals surface area contributed by atoms with Crippen LogP contribution in [0, 0.1) is 5.92 Å². The second kappa shape index (κ2) is 3.44. The number of aromatic nitrogens is 2. The lowest BCUT2D eigenvalue weighted by Gasteiger charge is -2.15. The van der Waals surface area contributed by atoms with Crippen LogP contribution in [0.15, 0.2) is 6.20 Å². The summed E-state index contributed by atoms with van der Waals surface area (Å²) >= 11 is 0. The van der Waals surface area contributed by atoms with Gasteiger partial charge in [-0.1, -0.05) is 6.92 Å². The van der Waals surface area contributed by atoms with Crippen molar-refractivity contribution in [3.8, 4) is 0 Å². The number of carboxylic acid groups (broad SMARTS) is 1. The van der Waals surface area contributed by atoms with Gasteiger partial charge in [0, 0.05) is 6.20 Å². The first-order valence-corrected chi connectivity index (χ1v) is 4.92. The Labute approximate surface area is 82.5 Å². The third-order valence-electron chi connectivity index (χ3n) is 2.66. The SMILES string of the molecule is CC1CCc2nn(CC(=O)O)cc2C1. The lowest BCUT2D eigenvalue weighted by atomic mass is 9.89. The molecule has 0 bridgehead atoms. The summed E-state index contributed by atoms with van der Waals surface area (Å²) in [6.45, 7) is 2.19. The summed E-state index contributed by atoms with van der Waals surface area (Å²) in [4.78, 5) is 10.5. The maximum atomic E-state index is 10.5. The molecule has 4 nitrogen and oxygen atoms in total. The van der Waals surface area contributed by atoms with E-state index in [1.54, 1.807) is 0 Å². The van der Waals surface area contributed by atoms with Crippen LogP contribution >= 0.6 is 0 Å². The molecule has 1 N–H and O–H groups in total. The summed E-state index contributed by atoms with van der Waals surface area (Å²) in [6.07, 6.45) is 5.06. The molecule has 76 valence electrons. The average molecular weight is 194 g/mol. The molecule has 1 atom stereocenters. The molecular weight excluding hydrogens is 180 g/mol. The standard InChI is InChI=1S/C10H14N2O2/c1-7-2-3-9-8(4-7)5-12(11-9)6-10(13)14/h5,7H,2-4,6H2,1H3,(H,13,14). The smallest absolute Gasteiger partial charge is 0.325 e. The Hall–Kier alpha value is -1.32. The van der Waals surface area contributed by atoms with Gasteiger partial charge < -0.3 is 5.11 Å². The van der Waals surface area contributed by atoms with Crippen LogP contribution in [0.2, 0.25) is 0 Å². The summed E-state index contributed by atoms with van der Waals surface area (Å²) in [6, 6.07) is 0. The Bertz CT molecular complexity index is 357. The molecule has 1 heterocycles. The maximum Gasteiger partial charge on any atom is 0.325 e. The van der Waals surface area contributed by atoms with Crippen molar-refractivity contribution in [1.29, 1.82) is 0 Å². The zero-order chi connectivity index (χ0) is 10.1. The van der Waals surface area contributed by atoms with Crippen LogP contribution in [0.25, 0.3) is 0 Å². The van der Waals surface area contributed by atoms with Crippen molar-refractivity contribution < 1.29 is 9.90 Å². The summed E-state index contributed by atoms with van der Waals surface area (Å²) in [7, 11) is 0. The Morgan fingerprint density at radius 3 is 3.29 bits per heavy atom. The van der Waals surface area contributed by atoms with E-state index in [1.807, 2.05) is 6.20 Å². The van der Waals surface area contributed by atoms with Crippen molar-refractivity contribution in [2.24, 2.45) is 5.92 Å². The fourth-order valence-electron chi connectivity index (χ4n) is 1.96. The Balaban J connectivity index is 2.19. The molecule has 1 aromatic heterocycles. The first kappa shape index (κ1) is 9.24. The number of rotatable bonds is 2. The summed E-state index contributed by atoms with van der Waals surface area (Å²) in [5, 5.41) is 12.9. The van der Waals surface area contributed by atoms with Gasteiger partial charge in [0.1, 0.15) is 6.54 Å². The van der Waals surface area contributed by atoms with Gasteiger partial charge in [-0.15, -0.1) is 0 Å². The highest BCUT2D eigenvalue weighted by Crippen LogP contribution is 2.23. The highest BCUT2D eigenvalue weighted by molar-refractivity contribution is 5.66. The molecule has 1 aliphatic rings. The number of aryl methyl sites for hydroxylation is 1. The van der Waals surface area contributed by atoms with Gasteiger partial charge >= 0.3 is 5.97 Å². The highest BCUT2D eigenvalue weighted by atomic mass is 16.4. The van der Waals surface area contributed by atoms with E-state index < -0.39 is 5.97 Å². The fraction of sp³-hybridized carbons (Fsp3) is 0.600. The van der Waals surface area contributed by atoms with Crippen LogP contribution in [0.4, 0.5) is 0 Å². The van der Waals surface area contributed by atoms with Gasteiger partial charge in [-0.2, -0.15) is 5.10 Å². The van der Waals surface area contributed by atoms with Crippen molar-refractivity contribution in [3.05, 3.63) is 17.5 Å². The number of hydrogen-bond donors (Lipinski definition) is 1. The highest BCUT2D eigenvalue weighted by Gasteiger charge is 2.18. The number of carbonyl (C=O) groups is 1. The van der Waals surface area contributed by atoms with Crippen LogP contribution < -0.4 is 0 Å². The molecule has 1 aromatic rings. The molecular formula is C10H14N2O2. The summed E-state index contributed by atoms with van der Waals surface area (Å²) in [5.41, 5.74) is 2.31. The fourth-order valence-corrected chi connectivity index (χ4v) is 1.96. The van der Waals surface area contributed by atoms with Crippen LogP contribution in [-0.4, -0.2) is 20.9 Å². The van der Waals surface area contributed by atoms with Gasteiger partial charge in [-0.25, -0.2) is 0 Å². The van der Waals surface area contributed by atoms with Gasteiger partial charge in [0.2, 0.25) is 0 Å². The van der Waals surface area contributed by atoms with Crippen LogP contribution in [-0.2, 0) is 24.2 Å². The van der Waals surface area contributed by atoms with E-state index in [9.17, 15) is 4.79 Å². The van der Waals surface area contributed by atoms with Gasteiger partial charge in [0.05, 0.1) is 5.69 Å². The number of hydrogen-bond acceptors (Lipinski definition) is 2. The molecule has 2 rings (SSSR count). The maximum absolute atomic E-state index is 10.5. The van der Waals surface area contributed by atoms with Crippen molar-refractivity contribution in [2.75, 3.05) is 0 Å². The van der Waals surface area contributed by atoms with E-state index in [4.69, 9.17) is 5.11 Å². The quantitative estimate of drug-likeness (QED) is 0.766. The number of fused-ring (bicyclic) bond motifs is 1. The molecule has 0 aliphatic heterocycles. The molecule has 14 heavy (non-hydrogen) atoms. The van der Waals surface area contributed by atoms with E-state index in [0.29, 0.717) is 5.92 Å². The number of carboxylic acids is 1. The number of nitrogens with zero attached hydrogens (tertiary/aromatic N) is 2. The van der Waals surface area contributed by atoms with Crippen molar-refractivity contribution in [2.45, 2.75) is 32.7 Å². The second-order valence-corrected chi connectivity index (χ2v) is 4.04. The van der Waals surface area contributed by atoms with E-state index in [-0.39, 0.29) is 6.54 Å². The van der Waals surface area contributed by atoms with Crippen LogP contribution in [0.3, 0.4) is 0 Å². The molecule has 4 heteroatoms. The van der Waals surface area contributed by atoms with E-state index in [1.165, 1.54) is 10.2 Å². The predicted molar refractivity (Wildman–Crippen MR) is 51.1 cm³/mol. The lowest BCUT2D eigenvalue weighted by Crippen LogP contribution is -2.10. The average Bonchev–Trinajstić information content (AvgIpc) is 2.44. The Kier molecular flexibility index (Phi) is 2.27. The minimum Gasteiger partial charge on any atom is -0.480 e. The molecule has 0 spiro atoms. The third-order valence-corrected chi connectivity index (χ3v) is 2.66. The molecule has 1 aliphatic carbocycles. The second-order valence-electron chi connectivity index (χ2n) is 4.04. The zero-order valence-electron chi connectivity index (χ0n) is 8.23. The number of aliphatic carboxylic acids is 1. The molecule has 0 radical (unpaired) electrons. The largest absolute Gasteiger partial charge is 0.480 e. The van der Waals surface area contributed by atoms with Gasteiger partial charge in [0.15, 0.2) is 0 Å². The molecule has 0 fully saturated rings. The lowest BCUT2D eigenvalue weighted by molar-refractivity contribution is -0.137. The van der Waals surface area contributed by atoms with Crippen LogP contribution in [0.5, 0.6) is 0 Å². The van der Waals surface area contributed by atoms with Crippen molar-refractivity contribution in [3.63, 3.8) is 0 Å². The minimum absolute atomic E-state index is 0.0264. The molecule has 1 unspecified atom stereocenters. The molecule has 0 saturated carbocycles. The zero-order valence-corrected chi connectivity index (χ0v) is 8.23. The first-order chi connectivity index (χ1) is 6.65. The third kappa shape index (κ3) is 1.78. The van der Waals surface area contributed by atoms with Crippen LogP contribution in [0.1, 0.15) is 24.6 Å². The van der Waals surface area contributed by atoms with E-state index in [0.717, 1.165) is 25.0 Å². The molecule has 0 aromatic carbocycles. The van der Waals surface area contributed by atoms with Gasteiger partial charge in [0.25, 0.3) is 0 Å². The monoisotopic (exact) mass is 194 g/mol. The summed E-state index contributed by atoms with van der Waals surface area (Å²) in [5.74, 6) is -0.136. The molecule has 0 amide bonds. The first-order valence-electron chi connectivity index (χ1n) is 4.92. The predicted octanol–water partition coefficient (Wildman–Crippen LogP) is 1.09. The van der Waals surface area contributed by atoms with Crippen molar-refractivity contribution in [1.82, 2.24) is 9.78 Å². The summed E-state index contributed by atoms with van der Waals surface area (Å²) < 4.78 is 1.53.